The summed E-state index contributed by atoms with van der Waals surface area (Å²) >= 11 is 0. The van der Waals surface area contributed by atoms with E-state index in [-0.39, 0.29) is 5.56 Å². The molecule has 0 saturated carbocycles. The number of hydrogen-bond donors (Lipinski definition) is 2. The number of hydrazine groups is 1. The Morgan fingerprint density at radius 2 is 1.72 bits per heavy atom. The van der Waals surface area contributed by atoms with Gasteiger partial charge < -0.3 is 5.32 Å². The lowest BCUT2D eigenvalue weighted by Crippen LogP contribution is -2.39. The summed E-state index contributed by atoms with van der Waals surface area (Å²) in [6, 6.07) is 11.2. The van der Waals surface area contributed by atoms with E-state index in [1.54, 1.807) is 17.8 Å². The van der Waals surface area contributed by atoms with Crippen LogP contribution < -0.4 is 21.7 Å². The molecule has 0 saturated heterocycles. The van der Waals surface area contributed by atoms with Crippen molar-refractivity contribution in [2.24, 2.45) is 5.84 Å². The minimum Gasteiger partial charge on any atom is -0.384 e. The number of nitrogens with zero attached hydrogens (tertiary/aromatic N) is 5. The predicted octanol–water partition coefficient (Wildman–Crippen LogP) is 3.58. The summed E-state index contributed by atoms with van der Waals surface area (Å²) < 4.78 is 1.70. The normalized spacial score (nSPS) is 12.1. The molecular formula is C24H27N7O. The number of benzene rings is 2. The highest BCUT2D eigenvalue weighted by molar-refractivity contribution is 5.81. The van der Waals surface area contributed by atoms with Crippen LogP contribution in [-0.2, 0) is 0 Å². The van der Waals surface area contributed by atoms with Crippen molar-refractivity contribution in [1.82, 2.24) is 19.5 Å². The van der Waals surface area contributed by atoms with Crippen LogP contribution in [0.3, 0.4) is 0 Å². The van der Waals surface area contributed by atoms with Crippen LogP contribution in [0.4, 0.5) is 11.5 Å². The summed E-state index contributed by atoms with van der Waals surface area (Å²) in [6.07, 6.45) is 3.10. The Morgan fingerprint density at radius 1 is 1.06 bits per heavy atom. The topological polar surface area (TPSA) is 102 Å². The van der Waals surface area contributed by atoms with Crippen LogP contribution in [-0.4, -0.2) is 26.6 Å². The van der Waals surface area contributed by atoms with E-state index >= 15 is 0 Å². The number of nitrogens with one attached hydrogen (secondary N) is 1. The number of hydrogen-bond acceptors (Lipinski definition) is 7. The predicted molar refractivity (Wildman–Crippen MR) is 128 cm³/mol. The van der Waals surface area contributed by atoms with Crippen LogP contribution in [0, 0.1) is 20.8 Å². The Hall–Kier alpha value is -3.78. The molecule has 1 unspecified atom stereocenters. The minimum atomic E-state index is -0.464. The third kappa shape index (κ3) is 3.48. The van der Waals surface area contributed by atoms with Gasteiger partial charge in [-0.3, -0.25) is 14.4 Å². The molecule has 3 N–H and O–H groups in total. The van der Waals surface area contributed by atoms with Gasteiger partial charge in [0.1, 0.15) is 18.2 Å². The number of anilines is 2. The second kappa shape index (κ2) is 8.39. The largest absolute Gasteiger partial charge is 0.384 e. The van der Waals surface area contributed by atoms with Crippen molar-refractivity contribution in [3.05, 3.63) is 81.8 Å². The van der Waals surface area contributed by atoms with E-state index in [1.807, 2.05) is 64.1 Å². The SMILES string of the molecule is CNc1cncnc1N(N)C(C)c1nc2cccc(C)c2c(=O)n1-c1c(C)cccc1C. The van der Waals surface area contributed by atoms with E-state index in [0.717, 1.165) is 22.4 Å². The lowest BCUT2D eigenvalue weighted by atomic mass is 10.1. The Morgan fingerprint density at radius 3 is 2.41 bits per heavy atom. The first-order valence-electron chi connectivity index (χ1n) is 10.5. The van der Waals surface area contributed by atoms with E-state index in [2.05, 4.69) is 15.3 Å². The summed E-state index contributed by atoms with van der Waals surface area (Å²) in [7, 11) is 1.78. The first-order chi connectivity index (χ1) is 15.3. The van der Waals surface area contributed by atoms with Crippen molar-refractivity contribution >= 4 is 22.4 Å². The van der Waals surface area contributed by atoms with Crippen molar-refractivity contribution in [2.75, 3.05) is 17.4 Å². The van der Waals surface area contributed by atoms with Crippen LogP contribution in [0.1, 0.15) is 35.5 Å². The van der Waals surface area contributed by atoms with Gasteiger partial charge in [0.25, 0.3) is 5.56 Å². The summed E-state index contributed by atoms with van der Waals surface area (Å²) in [5.74, 6) is 7.59. The molecule has 8 nitrogen and oxygen atoms in total. The number of fused-ring (bicyclic) bond motifs is 1. The molecule has 0 bridgehead atoms. The number of para-hydroxylation sites is 1. The highest BCUT2D eigenvalue weighted by Crippen LogP contribution is 2.29. The van der Waals surface area contributed by atoms with Gasteiger partial charge in [0.2, 0.25) is 0 Å². The molecule has 4 rings (SSSR count). The third-order valence-electron chi connectivity index (χ3n) is 5.79. The summed E-state index contributed by atoms with van der Waals surface area (Å²) in [4.78, 5) is 27.2. The van der Waals surface area contributed by atoms with Crippen molar-refractivity contribution in [3.8, 4) is 5.69 Å². The van der Waals surface area contributed by atoms with Crippen LogP contribution in [0.25, 0.3) is 16.6 Å². The fourth-order valence-electron chi connectivity index (χ4n) is 4.08. The number of aromatic nitrogens is 4. The molecule has 0 fully saturated rings. The summed E-state index contributed by atoms with van der Waals surface area (Å²) in [5.41, 5.74) is 4.88. The van der Waals surface area contributed by atoms with Crippen molar-refractivity contribution in [2.45, 2.75) is 33.7 Å². The molecule has 2 heterocycles. The molecule has 1 atom stereocenters. The number of rotatable bonds is 5. The van der Waals surface area contributed by atoms with Gasteiger partial charge in [-0.2, -0.15) is 0 Å². The zero-order valence-electron chi connectivity index (χ0n) is 18.9. The molecule has 0 radical (unpaired) electrons. The van der Waals surface area contributed by atoms with Crippen LogP contribution in [0.15, 0.2) is 53.7 Å². The van der Waals surface area contributed by atoms with Gasteiger partial charge in [-0.1, -0.05) is 30.3 Å². The average molecular weight is 430 g/mol. The van der Waals surface area contributed by atoms with Gasteiger partial charge in [0.15, 0.2) is 5.82 Å². The van der Waals surface area contributed by atoms with Crippen LogP contribution in [0.5, 0.6) is 0 Å². The van der Waals surface area contributed by atoms with E-state index < -0.39 is 6.04 Å². The fourth-order valence-corrected chi connectivity index (χ4v) is 4.08. The Kier molecular flexibility index (Phi) is 5.63. The number of nitrogens with two attached hydrogens (primary N) is 1. The molecule has 8 heteroatoms. The second-order valence-electron chi connectivity index (χ2n) is 7.91. The lowest BCUT2D eigenvalue weighted by Gasteiger charge is -2.29. The Bertz CT molecular complexity index is 1340. The summed E-state index contributed by atoms with van der Waals surface area (Å²) in [5, 5.41) is 5.18. The van der Waals surface area contributed by atoms with E-state index in [9.17, 15) is 4.79 Å². The fraction of sp³-hybridized carbons (Fsp3) is 0.250. The monoisotopic (exact) mass is 429 g/mol. The van der Waals surface area contributed by atoms with Crippen LogP contribution in [0.2, 0.25) is 0 Å². The maximum Gasteiger partial charge on any atom is 0.266 e. The first kappa shape index (κ1) is 21.5. The zero-order chi connectivity index (χ0) is 23.0. The van der Waals surface area contributed by atoms with Gasteiger partial charge in [-0.25, -0.2) is 20.8 Å². The molecular weight excluding hydrogens is 402 g/mol. The van der Waals surface area contributed by atoms with Crippen molar-refractivity contribution < 1.29 is 0 Å². The van der Waals surface area contributed by atoms with Crippen molar-refractivity contribution in [1.29, 1.82) is 0 Å². The molecule has 2 aromatic carbocycles. The van der Waals surface area contributed by atoms with Gasteiger partial charge in [0, 0.05) is 7.05 Å². The Balaban J connectivity index is 2.03. The van der Waals surface area contributed by atoms with E-state index in [1.165, 1.54) is 11.3 Å². The molecule has 2 aromatic heterocycles. The minimum absolute atomic E-state index is 0.114. The molecule has 0 aliphatic carbocycles. The first-order valence-corrected chi connectivity index (χ1v) is 10.5. The van der Waals surface area contributed by atoms with Gasteiger partial charge >= 0.3 is 0 Å². The maximum atomic E-state index is 13.9. The van der Waals surface area contributed by atoms with E-state index in [0.29, 0.717) is 28.2 Å². The molecule has 164 valence electrons. The number of aryl methyl sites for hydroxylation is 3. The second-order valence-corrected chi connectivity index (χ2v) is 7.91. The standard InChI is InChI=1S/C24H27N7O/c1-14-8-7-11-18-20(14)24(32)30(21-15(2)9-6-10-16(21)3)22(29-18)17(4)31(25)23-19(26-5)12-27-13-28-23/h6-13,17,26H,25H2,1-5H3. The highest BCUT2D eigenvalue weighted by Gasteiger charge is 2.25. The molecule has 0 amide bonds. The Labute approximate surface area is 186 Å². The lowest BCUT2D eigenvalue weighted by molar-refractivity contribution is 0.619. The third-order valence-corrected chi connectivity index (χ3v) is 5.79. The van der Waals surface area contributed by atoms with Gasteiger partial charge in [-0.05, 0) is 50.5 Å². The highest BCUT2D eigenvalue weighted by atomic mass is 16.1. The van der Waals surface area contributed by atoms with Gasteiger partial charge in [-0.15, -0.1) is 0 Å². The molecule has 32 heavy (non-hydrogen) atoms. The summed E-state index contributed by atoms with van der Waals surface area (Å²) in [6.45, 7) is 7.83. The smallest absolute Gasteiger partial charge is 0.266 e. The zero-order valence-corrected chi connectivity index (χ0v) is 18.9. The molecule has 0 aliphatic heterocycles. The average Bonchev–Trinajstić information content (AvgIpc) is 2.79. The van der Waals surface area contributed by atoms with Crippen molar-refractivity contribution in [3.63, 3.8) is 0 Å². The van der Waals surface area contributed by atoms with Gasteiger partial charge in [0.05, 0.1) is 28.5 Å². The van der Waals surface area contributed by atoms with E-state index in [4.69, 9.17) is 10.8 Å². The maximum absolute atomic E-state index is 13.9. The molecule has 4 aromatic rings. The quantitative estimate of drug-likeness (QED) is 0.369. The molecule has 0 aliphatic rings. The molecule has 0 spiro atoms. The van der Waals surface area contributed by atoms with Crippen LogP contribution >= 0.6 is 0 Å².